The van der Waals surface area contributed by atoms with Gasteiger partial charge in [-0.15, -0.1) is 0 Å². The smallest absolute Gasteiger partial charge is 0.254 e. The van der Waals surface area contributed by atoms with E-state index in [4.69, 9.17) is 4.74 Å². The lowest BCUT2D eigenvalue weighted by atomic mass is 9.79. The second kappa shape index (κ2) is 8.09. The Kier molecular flexibility index (Phi) is 5.11. The van der Waals surface area contributed by atoms with Gasteiger partial charge in [0.15, 0.2) is 5.13 Å². The molecule has 2 amide bonds. The number of nitrogens with one attached hydrogen (secondary N) is 1. The van der Waals surface area contributed by atoms with Crippen LogP contribution in [0.3, 0.4) is 0 Å². The van der Waals surface area contributed by atoms with Crippen molar-refractivity contribution >= 4 is 38.5 Å². The van der Waals surface area contributed by atoms with Gasteiger partial charge in [-0.25, -0.2) is 4.98 Å². The first kappa shape index (κ1) is 20.2. The molecular weight excluding hydrogens is 422 g/mol. The van der Waals surface area contributed by atoms with Crippen LogP contribution in [-0.4, -0.2) is 35.9 Å². The van der Waals surface area contributed by atoms with Gasteiger partial charge in [0.1, 0.15) is 5.75 Å². The number of methoxy groups -OCH3 is 1. The molecule has 1 N–H and O–H groups in total. The Balaban J connectivity index is 1.57. The molecule has 160 valence electrons. The fraction of sp³-hybridized carbons (Fsp3) is 0.160. The summed E-state index contributed by atoms with van der Waals surface area (Å²) in [5.74, 6) is -0.175. The maximum Gasteiger partial charge on any atom is 0.254 e. The van der Waals surface area contributed by atoms with Gasteiger partial charge in [-0.3, -0.25) is 9.59 Å². The van der Waals surface area contributed by atoms with Crippen molar-refractivity contribution in [1.29, 1.82) is 0 Å². The molecule has 3 aromatic carbocycles. The highest BCUT2D eigenvalue weighted by Crippen LogP contribution is 2.43. The number of hydrogen-bond acceptors (Lipinski definition) is 5. The van der Waals surface area contributed by atoms with Crippen molar-refractivity contribution in [2.24, 2.45) is 0 Å². The van der Waals surface area contributed by atoms with Crippen molar-refractivity contribution in [3.63, 3.8) is 0 Å². The van der Waals surface area contributed by atoms with E-state index in [0.717, 1.165) is 27.1 Å². The highest BCUT2D eigenvalue weighted by Gasteiger charge is 2.42. The second-order valence-corrected chi connectivity index (χ2v) is 8.71. The van der Waals surface area contributed by atoms with Gasteiger partial charge in [-0.05, 0) is 41.5 Å². The largest absolute Gasteiger partial charge is 0.497 e. The van der Waals surface area contributed by atoms with Gasteiger partial charge in [0, 0.05) is 12.6 Å². The zero-order valence-electron chi connectivity index (χ0n) is 17.6. The molecule has 0 saturated carbocycles. The van der Waals surface area contributed by atoms with E-state index in [0.29, 0.717) is 10.7 Å². The van der Waals surface area contributed by atoms with Crippen LogP contribution in [0.15, 0.2) is 72.8 Å². The Bertz CT molecular complexity index is 1280. The Morgan fingerprint density at radius 2 is 1.75 bits per heavy atom. The number of thiazole rings is 1. The zero-order valence-corrected chi connectivity index (χ0v) is 18.4. The van der Waals surface area contributed by atoms with Crippen molar-refractivity contribution in [3.05, 3.63) is 89.5 Å². The number of fused-ring (bicyclic) bond motifs is 2. The van der Waals surface area contributed by atoms with E-state index in [-0.39, 0.29) is 11.8 Å². The number of rotatable bonds is 4. The van der Waals surface area contributed by atoms with Crippen LogP contribution in [0.1, 0.15) is 33.4 Å². The molecule has 0 bridgehead atoms. The van der Waals surface area contributed by atoms with E-state index in [1.54, 1.807) is 25.1 Å². The molecule has 6 nitrogen and oxygen atoms in total. The minimum Gasteiger partial charge on any atom is -0.497 e. The van der Waals surface area contributed by atoms with Crippen LogP contribution in [0.25, 0.3) is 10.2 Å². The van der Waals surface area contributed by atoms with Crippen molar-refractivity contribution < 1.29 is 14.3 Å². The lowest BCUT2D eigenvalue weighted by Crippen LogP contribution is -2.44. The van der Waals surface area contributed by atoms with E-state index in [1.165, 1.54) is 11.3 Å². The van der Waals surface area contributed by atoms with E-state index >= 15 is 0 Å². The van der Waals surface area contributed by atoms with Gasteiger partial charge in [0.25, 0.3) is 5.91 Å². The molecule has 4 aromatic rings. The number of ether oxygens (including phenoxy) is 1. The predicted octanol–water partition coefficient (Wildman–Crippen LogP) is 4.85. The van der Waals surface area contributed by atoms with Gasteiger partial charge in [0.05, 0.1) is 29.3 Å². The molecular formula is C25H21N3O3S. The summed E-state index contributed by atoms with van der Waals surface area (Å²) < 4.78 is 6.28. The number of nitrogens with zero attached hydrogens (tertiary/aromatic N) is 2. The van der Waals surface area contributed by atoms with Gasteiger partial charge in [-0.2, -0.15) is 0 Å². The molecule has 0 spiro atoms. The third kappa shape index (κ3) is 3.40. The summed E-state index contributed by atoms with van der Waals surface area (Å²) in [7, 11) is 3.35. The standard InChI is InChI=1S/C25H21N3O3S/c1-28-22(15-11-13-16(31-2)14-12-15)21(17-7-3-4-8-18(17)24(28)30)23(29)27-25-26-19-9-5-6-10-20(19)32-25/h3-14,21-22H,1-2H3,(H,26,27,29). The topological polar surface area (TPSA) is 71.5 Å². The molecule has 2 heterocycles. The Labute approximate surface area is 189 Å². The molecule has 0 radical (unpaired) electrons. The molecule has 0 aliphatic carbocycles. The van der Waals surface area contributed by atoms with Crippen LogP contribution in [-0.2, 0) is 4.79 Å². The maximum absolute atomic E-state index is 13.7. The summed E-state index contributed by atoms with van der Waals surface area (Å²) >= 11 is 1.43. The Hall–Kier alpha value is -3.71. The summed E-state index contributed by atoms with van der Waals surface area (Å²) in [6, 6.07) is 22.1. The molecule has 1 aliphatic heterocycles. The van der Waals surface area contributed by atoms with E-state index < -0.39 is 12.0 Å². The molecule has 5 rings (SSSR count). The minimum atomic E-state index is -0.589. The quantitative estimate of drug-likeness (QED) is 0.489. The lowest BCUT2D eigenvalue weighted by Gasteiger charge is -2.39. The third-order valence-electron chi connectivity index (χ3n) is 5.84. The first-order valence-corrected chi connectivity index (χ1v) is 11.0. The predicted molar refractivity (Wildman–Crippen MR) is 125 cm³/mol. The highest BCUT2D eigenvalue weighted by molar-refractivity contribution is 7.22. The van der Waals surface area contributed by atoms with Gasteiger partial charge < -0.3 is 15.0 Å². The van der Waals surface area contributed by atoms with E-state index in [1.807, 2.05) is 66.7 Å². The number of para-hydroxylation sites is 1. The van der Waals surface area contributed by atoms with Gasteiger partial charge in [-0.1, -0.05) is 53.8 Å². The van der Waals surface area contributed by atoms with Crippen LogP contribution in [0.2, 0.25) is 0 Å². The summed E-state index contributed by atoms with van der Waals surface area (Å²) in [5.41, 5.74) is 2.97. The van der Waals surface area contributed by atoms with Crippen LogP contribution < -0.4 is 10.1 Å². The maximum atomic E-state index is 13.7. The molecule has 0 fully saturated rings. The summed E-state index contributed by atoms with van der Waals surface area (Å²) in [4.78, 5) is 33.0. The molecule has 1 aromatic heterocycles. The SMILES string of the molecule is COc1ccc(C2C(C(=O)Nc3nc4ccccc4s3)c3ccccc3C(=O)N2C)cc1. The number of anilines is 1. The van der Waals surface area contributed by atoms with Crippen molar-refractivity contribution in [3.8, 4) is 5.75 Å². The van der Waals surface area contributed by atoms with E-state index in [9.17, 15) is 9.59 Å². The molecule has 32 heavy (non-hydrogen) atoms. The summed E-state index contributed by atoms with van der Waals surface area (Å²) in [5, 5.41) is 3.55. The first-order valence-electron chi connectivity index (χ1n) is 10.2. The third-order valence-corrected chi connectivity index (χ3v) is 6.80. The molecule has 7 heteroatoms. The van der Waals surface area contributed by atoms with Crippen molar-refractivity contribution in [2.75, 3.05) is 19.5 Å². The number of hydrogen-bond donors (Lipinski definition) is 1. The Morgan fingerprint density at radius 1 is 1.03 bits per heavy atom. The van der Waals surface area contributed by atoms with Crippen LogP contribution in [0, 0.1) is 0 Å². The van der Waals surface area contributed by atoms with Crippen LogP contribution in [0.4, 0.5) is 5.13 Å². The average Bonchev–Trinajstić information content (AvgIpc) is 3.23. The lowest BCUT2D eigenvalue weighted by molar-refractivity contribution is -0.119. The van der Waals surface area contributed by atoms with Gasteiger partial charge >= 0.3 is 0 Å². The number of benzene rings is 3. The number of aromatic nitrogens is 1. The first-order chi connectivity index (χ1) is 15.6. The number of carbonyl (C=O) groups excluding carboxylic acids is 2. The average molecular weight is 444 g/mol. The second-order valence-electron chi connectivity index (χ2n) is 7.67. The fourth-order valence-corrected chi connectivity index (χ4v) is 5.15. The minimum absolute atomic E-state index is 0.106. The monoisotopic (exact) mass is 443 g/mol. The van der Waals surface area contributed by atoms with E-state index in [2.05, 4.69) is 10.3 Å². The zero-order chi connectivity index (χ0) is 22.2. The van der Waals surface area contributed by atoms with Crippen LogP contribution in [0.5, 0.6) is 5.75 Å². The van der Waals surface area contributed by atoms with Crippen molar-refractivity contribution in [2.45, 2.75) is 12.0 Å². The normalized spacial score (nSPS) is 17.8. The number of carbonyl (C=O) groups is 2. The summed E-state index contributed by atoms with van der Waals surface area (Å²) in [6.07, 6.45) is 0. The molecule has 0 saturated heterocycles. The van der Waals surface area contributed by atoms with Gasteiger partial charge in [0.2, 0.25) is 5.91 Å². The van der Waals surface area contributed by atoms with Crippen molar-refractivity contribution in [1.82, 2.24) is 9.88 Å². The molecule has 1 aliphatic rings. The molecule has 2 unspecified atom stereocenters. The van der Waals surface area contributed by atoms with Crippen LogP contribution >= 0.6 is 11.3 Å². The highest BCUT2D eigenvalue weighted by atomic mass is 32.1. The Morgan fingerprint density at radius 3 is 2.50 bits per heavy atom. The molecule has 2 atom stereocenters. The number of amides is 2. The fourth-order valence-electron chi connectivity index (χ4n) is 4.28. The summed E-state index contributed by atoms with van der Waals surface area (Å²) in [6.45, 7) is 0. The number of likely N-dealkylation sites (N-methyl/N-ethyl adjacent to an activating group) is 1.